The van der Waals surface area contributed by atoms with E-state index >= 15 is 0 Å². The van der Waals surface area contributed by atoms with Gasteiger partial charge in [0.05, 0.1) is 17.8 Å². The van der Waals surface area contributed by atoms with Gasteiger partial charge in [-0.2, -0.15) is 5.10 Å². The van der Waals surface area contributed by atoms with Gasteiger partial charge in [0.2, 0.25) is 0 Å². The van der Waals surface area contributed by atoms with E-state index in [2.05, 4.69) is 29.6 Å². The van der Waals surface area contributed by atoms with E-state index in [1.165, 1.54) is 0 Å². The van der Waals surface area contributed by atoms with Gasteiger partial charge in [0.15, 0.2) is 5.11 Å². The van der Waals surface area contributed by atoms with Crippen LogP contribution in [0.4, 0.5) is 0 Å². The SMILES string of the molecule is CC(C)CNC(=S)NCCn1cc(Cl)cn1. The molecule has 0 bridgehead atoms. The van der Waals surface area contributed by atoms with Gasteiger partial charge in [0.25, 0.3) is 0 Å². The molecule has 0 fully saturated rings. The van der Waals surface area contributed by atoms with Crippen molar-refractivity contribution < 1.29 is 0 Å². The van der Waals surface area contributed by atoms with Gasteiger partial charge < -0.3 is 10.6 Å². The first kappa shape index (κ1) is 13.3. The second-order valence-corrected chi connectivity index (χ2v) is 4.80. The summed E-state index contributed by atoms with van der Waals surface area (Å²) in [5.74, 6) is 0.588. The van der Waals surface area contributed by atoms with Crippen molar-refractivity contribution in [3.63, 3.8) is 0 Å². The molecule has 0 aliphatic carbocycles. The molecule has 0 unspecified atom stereocenters. The number of nitrogens with one attached hydrogen (secondary N) is 2. The van der Waals surface area contributed by atoms with Crippen molar-refractivity contribution in [2.45, 2.75) is 20.4 Å². The fourth-order valence-corrected chi connectivity index (χ4v) is 1.45. The Bertz CT molecular complexity index is 337. The summed E-state index contributed by atoms with van der Waals surface area (Å²) in [5, 5.41) is 11.7. The summed E-state index contributed by atoms with van der Waals surface area (Å²) in [6.07, 6.45) is 3.41. The van der Waals surface area contributed by atoms with Crippen LogP contribution < -0.4 is 10.6 Å². The van der Waals surface area contributed by atoms with Crippen LogP contribution in [0, 0.1) is 5.92 Å². The van der Waals surface area contributed by atoms with Gasteiger partial charge in [-0.25, -0.2) is 0 Å². The number of hydrogen-bond donors (Lipinski definition) is 2. The maximum atomic E-state index is 5.74. The quantitative estimate of drug-likeness (QED) is 0.791. The Kier molecular flexibility index (Phi) is 5.55. The van der Waals surface area contributed by atoms with Gasteiger partial charge in [-0.05, 0) is 18.1 Å². The zero-order valence-corrected chi connectivity index (χ0v) is 11.1. The van der Waals surface area contributed by atoms with Crippen LogP contribution >= 0.6 is 23.8 Å². The number of halogens is 1. The maximum Gasteiger partial charge on any atom is 0.166 e. The van der Waals surface area contributed by atoms with Crippen molar-refractivity contribution in [1.29, 1.82) is 0 Å². The van der Waals surface area contributed by atoms with E-state index in [9.17, 15) is 0 Å². The number of hydrogen-bond acceptors (Lipinski definition) is 2. The third kappa shape index (κ3) is 5.32. The Labute approximate surface area is 106 Å². The average molecular weight is 261 g/mol. The summed E-state index contributed by atoms with van der Waals surface area (Å²) >= 11 is 10.9. The molecule has 0 saturated carbocycles. The van der Waals surface area contributed by atoms with Gasteiger partial charge in [-0.3, -0.25) is 4.68 Å². The second-order valence-electron chi connectivity index (χ2n) is 3.95. The number of aromatic nitrogens is 2. The molecule has 0 spiro atoms. The fourth-order valence-electron chi connectivity index (χ4n) is 1.10. The van der Waals surface area contributed by atoms with Crippen LogP contribution in [-0.2, 0) is 6.54 Å². The van der Waals surface area contributed by atoms with Crippen molar-refractivity contribution >= 4 is 28.9 Å². The van der Waals surface area contributed by atoms with Crippen molar-refractivity contribution in [2.24, 2.45) is 5.92 Å². The van der Waals surface area contributed by atoms with Crippen LogP contribution in [0.25, 0.3) is 0 Å². The Balaban J connectivity index is 2.13. The van der Waals surface area contributed by atoms with E-state index in [1.54, 1.807) is 17.1 Å². The molecule has 1 heterocycles. The molecule has 1 rings (SSSR count). The Morgan fingerprint density at radius 1 is 1.56 bits per heavy atom. The summed E-state index contributed by atoms with van der Waals surface area (Å²) in [6, 6.07) is 0. The highest BCUT2D eigenvalue weighted by atomic mass is 35.5. The minimum absolute atomic E-state index is 0.588. The van der Waals surface area contributed by atoms with Crippen molar-refractivity contribution in [3.05, 3.63) is 17.4 Å². The summed E-state index contributed by atoms with van der Waals surface area (Å²) < 4.78 is 1.78. The van der Waals surface area contributed by atoms with Crippen LogP contribution in [-0.4, -0.2) is 28.0 Å². The predicted molar refractivity (Wildman–Crippen MR) is 70.7 cm³/mol. The third-order valence-electron chi connectivity index (χ3n) is 1.90. The van der Waals surface area contributed by atoms with Crippen molar-refractivity contribution in [2.75, 3.05) is 13.1 Å². The molecule has 0 amide bonds. The second kappa shape index (κ2) is 6.70. The van der Waals surface area contributed by atoms with E-state index in [4.69, 9.17) is 23.8 Å². The van der Waals surface area contributed by atoms with E-state index in [0.717, 1.165) is 19.6 Å². The standard InChI is InChI=1S/C10H17ClN4S/c1-8(2)5-13-10(16)12-3-4-15-7-9(11)6-14-15/h6-8H,3-5H2,1-2H3,(H2,12,13,16). The topological polar surface area (TPSA) is 41.9 Å². The number of rotatable bonds is 5. The molecule has 90 valence electrons. The monoisotopic (exact) mass is 260 g/mol. The van der Waals surface area contributed by atoms with Crippen LogP contribution in [0.15, 0.2) is 12.4 Å². The molecule has 4 nitrogen and oxygen atoms in total. The normalized spacial score (nSPS) is 10.5. The molecule has 0 aliphatic rings. The highest BCUT2D eigenvalue weighted by Crippen LogP contribution is 2.03. The highest BCUT2D eigenvalue weighted by Gasteiger charge is 1.98. The molecular formula is C10H17ClN4S. The number of nitrogens with zero attached hydrogens (tertiary/aromatic N) is 2. The van der Waals surface area contributed by atoms with Crippen molar-refractivity contribution in [1.82, 2.24) is 20.4 Å². The summed E-state index contributed by atoms with van der Waals surface area (Å²) in [6.45, 7) is 6.65. The lowest BCUT2D eigenvalue weighted by atomic mass is 10.2. The molecule has 1 aromatic rings. The van der Waals surface area contributed by atoms with Crippen LogP contribution in [0.3, 0.4) is 0 Å². The molecular weight excluding hydrogens is 244 g/mol. The molecule has 6 heteroatoms. The summed E-state index contributed by atoms with van der Waals surface area (Å²) in [5.41, 5.74) is 0. The minimum atomic E-state index is 0.588. The van der Waals surface area contributed by atoms with Crippen LogP contribution in [0.2, 0.25) is 5.02 Å². The molecule has 2 N–H and O–H groups in total. The summed E-state index contributed by atoms with van der Waals surface area (Å²) in [7, 11) is 0. The van der Waals surface area contributed by atoms with E-state index in [0.29, 0.717) is 16.1 Å². The Hall–Kier alpha value is -0.810. The molecule has 0 saturated heterocycles. The van der Waals surface area contributed by atoms with Gasteiger partial charge in [-0.1, -0.05) is 25.4 Å². The Morgan fingerprint density at radius 3 is 2.88 bits per heavy atom. The lowest BCUT2D eigenvalue weighted by Gasteiger charge is -2.11. The summed E-state index contributed by atoms with van der Waals surface area (Å²) in [4.78, 5) is 0. The van der Waals surface area contributed by atoms with Crippen LogP contribution in [0.5, 0.6) is 0 Å². The lowest BCUT2D eigenvalue weighted by molar-refractivity contribution is 0.588. The van der Waals surface area contributed by atoms with Gasteiger partial charge in [-0.15, -0.1) is 0 Å². The zero-order valence-electron chi connectivity index (χ0n) is 9.53. The van der Waals surface area contributed by atoms with E-state index < -0.39 is 0 Å². The van der Waals surface area contributed by atoms with Gasteiger partial charge in [0.1, 0.15) is 0 Å². The fraction of sp³-hybridized carbons (Fsp3) is 0.600. The highest BCUT2D eigenvalue weighted by molar-refractivity contribution is 7.80. The first-order valence-electron chi connectivity index (χ1n) is 5.27. The average Bonchev–Trinajstić information content (AvgIpc) is 2.61. The van der Waals surface area contributed by atoms with Gasteiger partial charge >= 0.3 is 0 Å². The van der Waals surface area contributed by atoms with E-state index in [1.807, 2.05) is 0 Å². The third-order valence-corrected chi connectivity index (χ3v) is 2.38. The Morgan fingerprint density at radius 2 is 2.31 bits per heavy atom. The lowest BCUT2D eigenvalue weighted by Crippen LogP contribution is -2.38. The molecule has 1 aromatic heterocycles. The van der Waals surface area contributed by atoms with E-state index in [-0.39, 0.29) is 0 Å². The largest absolute Gasteiger partial charge is 0.362 e. The first-order valence-corrected chi connectivity index (χ1v) is 6.06. The number of thiocarbonyl (C=S) groups is 1. The minimum Gasteiger partial charge on any atom is -0.362 e. The molecule has 0 radical (unpaired) electrons. The molecule has 0 aliphatic heterocycles. The molecule has 0 atom stereocenters. The van der Waals surface area contributed by atoms with Crippen LogP contribution in [0.1, 0.15) is 13.8 Å². The zero-order chi connectivity index (χ0) is 12.0. The molecule has 16 heavy (non-hydrogen) atoms. The van der Waals surface area contributed by atoms with Crippen molar-refractivity contribution in [3.8, 4) is 0 Å². The smallest absolute Gasteiger partial charge is 0.166 e. The van der Waals surface area contributed by atoms with Gasteiger partial charge in [0, 0.05) is 19.3 Å². The predicted octanol–water partition coefficient (Wildman–Crippen LogP) is 1.66. The molecule has 0 aromatic carbocycles. The maximum absolute atomic E-state index is 5.74. The first-order chi connectivity index (χ1) is 7.58.